The van der Waals surface area contributed by atoms with Crippen LogP contribution in [-0.2, 0) is 0 Å². The molecular formula is C21H16N4O5S. The zero-order valence-electron chi connectivity index (χ0n) is 16.3. The second kappa shape index (κ2) is 7.73. The summed E-state index contributed by atoms with van der Waals surface area (Å²) in [6.45, 7) is 2.53. The fourth-order valence-electron chi connectivity index (χ4n) is 3.26. The normalized spacial score (nSPS) is 13.5. The topological polar surface area (TPSA) is 104 Å². The predicted molar refractivity (Wildman–Crippen MR) is 116 cm³/mol. The number of nitro groups is 1. The number of aromatic nitrogens is 1. The summed E-state index contributed by atoms with van der Waals surface area (Å²) in [7, 11) is 0. The SMILES string of the molecule is CCN=c1scc(-c2cc3ccccc3o2)n1N=Cc1cc2c(cc1[N+](=O)[O-])OCO2. The molecule has 2 aromatic carbocycles. The summed E-state index contributed by atoms with van der Waals surface area (Å²) in [4.78, 5) is 16.2. The van der Waals surface area contributed by atoms with Gasteiger partial charge < -0.3 is 13.9 Å². The molecule has 0 bridgehead atoms. The van der Waals surface area contributed by atoms with Crippen molar-refractivity contribution >= 4 is 34.2 Å². The van der Waals surface area contributed by atoms with Crippen molar-refractivity contribution in [1.82, 2.24) is 4.68 Å². The van der Waals surface area contributed by atoms with Gasteiger partial charge in [0.25, 0.3) is 5.69 Å². The van der Waals surface area contributed by atoms with E-state index in [4.69, 9.17) is 13.9 Å². The molecule has 0 unspecified atom stereocenters. The monoisotopic (exact) mass is 436 g/mol. The third kappa shape index (κ3) is 3.46. The minimum absolute atomic E-state index is 0.0299. The molecule has 0 saturated heterocycles. The number of hydrogen-bond donors (Lipinski definition) is 0. The molecular weight excluding hydrogens is 420 g/mol. The summed E-state index contributed by atoms with van der Waals surface area (Å²) in [5.41, 5.74) is 1.64. The van der Waals surface area contributed by atoms with Crippen LogP contribution in [0, 0.1) is 10.1 Å². The lowest BCUT2D eigenvalue weighted by atomic mass is 10.1. The highest BCUT2D eigenvalue weighted by molar-refractivity contribution is 7.07. The lowest BCUT2D eigenvalue weighted by molar-refractivity contribution is -0.385. The first-order valence-corrected chi connectivity index (χ1v) is 10.3. The molecule has 4 aromatic rings. The van der Waals surface area contributed by atoms with Gasteiger partial charge in [0.15, 0.2) is 17.3 Å². The summed E-state index contributed by atoms with van der Waals surface area (Å²) in [5, 5.41) is 18.9. The number of nitrogens with zero attached hydrogens (tertiary/aromatic N) is 4. The Morgan fingerprint density at radius 2 is 2.03 bits per heavy atom. The van der Waals surface area contributed by atoms with Gasteiger partial charge in [0.2, 0.25) is 11.6 Å². The molecule has 5 rings (SSSR count). The number of fused-ring (bicyclic) bond motifs is 2. The average Bonchev–Trinajstić information content (AvgIpc) is 3.49. The number of furan rings is 1. The van der Waals surface area contributed by atoms with Gasteiger partial charge in [-0.15, -0.1) is 11.3 Å². The Labute approximate surface area is 179 Å². The van der Waals surface area contributed by atoms with Crippen LogP contribution in [0.1, 0.15) is 12.5 Å². The lowest BCUT2D eigenvalue weighted by Gasteiger charge is -2.02. The third-order valence-electron chi connectivity index (χ3n) is 4.69. The van der Waals surface area contributed by atoms with E-state index >= 15 is 0 Å². The highest BCUT2D eigenvalue weighted by Crippen LogP contribution is 2.37. The minimum atomic E-state index is -0.473. The van der Waals surface area contributed by atoms with Gasteiger partial charge in [-0.2, -0.15) is 5.10 Å². The highest BCUT2D eigenvalue weighted by Gasteiger charge is 2.23. The Kier molecular flexibility index (Phi) is 4.75. The van der Waals surface area contributed by atoms with Crippen LogP contribution in [0.4, 0.5) is 5.69 Å². The molecule has 2 aromatic heterocycles. The van der Waals surface area contributed by atoms with Crippen molar-refractivity contribution in [2.75, 3.05) is 13.3 Å². The maximum atomic E-state index is 11.5. The van der Waals surface area contributed by atoms with Gasteiger partial charge in [-0.1, -0.05) is 18.2 Å². The molecule has 3 heterocycles. The third-order valence-corrected chi connectivity index (χ3v) is 5.54. The number of benzene rings is 2. The molecule has 0 atom stereocenters. The number of para-hydroxylation sites is 1. The number of rotatable bonds is 5. The van der Waals surface area contributed by atoms with Gasteiger partial charge in [0.1, 0.15) is 11.3 Å². The zero-order chi connectivity index (χ0) is 21.4. The van der Waals surface area contributed by atoms with E-state index < -0.39 is 4.92 Å². The van der Waals surface area contributed by atoms with Crippen molar-refractivity contribution in [3.8, 4) is 23.0 Å². The van der Waals surface area contributed by atoms with E-state index in [1.807, 2.05) is 42.6 Å². The maximum absolute atomic E-state index is 11.5. The van der Waals surface area contributed by atoms with E-state index in [0.29, 0.717) is 39.9 Å². The van der Waals surface area contributed by atoms with Gasteiger partial charge >= 0.3 is 0 Å². The molecule has 0 aliphatic carbocycles. The molecule has 1 aliphatic rings. The van der Waals surface area contributed by atoms with E-state index in [-0.39, 0.29) is 12.5 Å². The second-order valence-corrected chi connectivity index (χ2v) is 7.44. The predicted octanol–water partition coefficient (Wildman–Crippen LogP) is 4.40. The van der Waals surface area contributed by atoms with E-state index in [0.717, 1.165) is 11.0 Å². The minimum Gasteiger partial charge on any atom is -0.454 e. The summed E-state index contributed by atoms with van der Waals surface area (Å²) in [6.07, 6.45) is 1.42. The Balaban J connectivity index is 1.62. The van der Waals surface area contributed by atoms with Crippen molar-refractivity contribution in [2.45, 2.75) is 6.92 Å². The summed E-state index contributed by atoms with van der Waals surface area (Å²) in [6, 6.07) is 12.5. The number of nitro benzene ring substituents is 1. The van der Waals surface area contributed by atoms with Crippen LogP contribution in [0.15, 0.2) is 62.4 Å². The standard InChI is InChI=1S/C21H16N4O5S/c1-2-22-21-24(16(11-31-21)18-7-13-5-3-4-6-17(13)30-18)23-10-14-8-19-20(29-12-28-19)9-15(14)25(26)27/h3-11H,2,12H2,1H3. The van der Waals surface area contributed by atoms with Crippen LogP contribution >= 0.6 is 11.3 Å². The smallest absolute Gasteiger partial charge is 0.282 e. The van der Waals surface area contributed by atoms with Gasteiger partial charge in [-0.3, -0.25) is 15.1 Å². The molecule has 0 N–H and O–H groups in total. The van der Waals surface area contributed by atoms with Gasteiger partial charge in [-0.25, -0.2) is 4.68 Å². The van der Waals surface area contributed by atoms with Gasteiger partial charge in [-0.05, 0) is 25.1 Å². The molecule has 0 saturated carbocycles. The Morgan fingerprint density at radius 1 is 1.23 bits per heavy atom. The van der Waals surface area contributed by atoms with Crippen molar-refractivity contribution in [3.05, 3.63) is 68.3 Å². The van der Waals surface area contributed by atoms with Crippen LogP contribution in [-0.4, -0.2) is 29.2 Å². The van der Waals surface area contributed by atoms with Crippen molar-refractivity contribution < 1.29 is 18.8 Å². The Morgan fingerprint density at radius 3 is 2.81 bits per heavy atom. The number of ether oxygens (including phenoxy) is 2. The Hall–Kier alpha value is -3.92. The first-order chi connectivity index (χ1) is 15.1. The number of hydrogen-bond acceptors (Lipinski definition) is 8. The zero-order valence-corrected chi connectivity index (χ0v) is 17.2. The molecule has 31 heavy (non-hydrogen) atoms. The van der Waals surface area contributed by atoms with Crippen molar-refractivity contribution in [2.24, 2.45) is 10.1 Å². The molecule has 0 amide bonds. The van der Waals surface area contributed by atoms with E-state index in [1.54, 1.807) is 10.7 Å². The quantitative estimate of drug-likeness (QED) is 0.262. The van der Waals surface area contributed by atoms with Crippen LogP contribution in [0.3, 0.4) is 0 Å². The average molecular weight is 436 g/mol. The first kappa shape index (κ1) is 19.1. The molecule has 0 fully saturated rings. The number of thiazole rings is 1. The van der Waals surface area contributed by atoms with E-state index in [9.17, 15) is 10.1 Å². The first-order valence-electron chi connectivity index (χ1n) is 9.46. The van der Waals surface area contributed by atoms with Crippen molar-refractivity contribution in [1.29, 1.82) is 0 Å². The van der Waals surface area contributed by atoms with Gasteiger partial charge in [0.05, 0.1) is 22.8 Å². The van der Waals surface area contributed by atoms with Crippen LogP contribution in [0.25, 0.3) is 22.4 Å². The molecule has 9 nitrogen and oxygen atoms in total. The summed E-state index contributed by atoms with van der Waals surface area (Å²) < 4.78 is 18.2. The maximum Gasteiger partial charge on any atom is 0.282 e. The lowest BCUT2D eigenvalue weighted by Crippen LogP contribution is -2.12. The molecule has 156 valence electrons. The fraction of sp³-hybridized carbons (Fsp3) is 0.143. The molecule has 0 spiro atoms. The second-order valence-electron chi connectivity index (χ2n) is 6.60. The Bertz CT molecular complexity index is 1370. The van der Waals surface area contributed by atoms with E-state index in [2.05, 4.69) is 10.1 Å². The summed E-state index contributed by atoms with van der Waals surface area (Å²) >= 11 is 1.42. The van der Waals surface area contributed by atoms with Crippen LogP contribution < -0.4 is 14.3 Å². The largest absolute Gasteiger partial charge is 0.454 e. The molecule has 0 radical (unpaired) electrons. The molecule has 10 heteroatoms. The van der Waals surface area contributed by atoms with Crippen LogP contribution in [0.5, 0.6) is 11.5 Å². The van der Waals surface area contributed by atoms with E-state index in [1.165, 1.54) is 23.6 Å². The van der Waals surface area contributed by atoms with Crippen LogP contribution in [0.2, 0.25) is 0 Å². The summed E-state index contributed by atoms with van der Waals surface area (Å²) in [5.74, 6) is 1.42. The van der Waals surface area contributed by atoms with Crippen molar-refractivity contribution in [3.63, 3.8) is 0 Å². The highest BCUT2D eigenvalue weighted by atomic mass is 32.1. The van der Waals surface area contributed by atoms with Gasteiger partial charge in [0, 0.05) is 17.3 Å². The fourth-order valence-corrected chi connectivity index (χ4v) is 4.14. The molecule has 1 aliphatic heterocycles.